The number of imidazole rings is 1. The van der Waals surface area contributed by atoms with E-state index in [-0.39, 0.29) is 18.2 Å². The van der Waals surface area contributed by atoms with E-state index in [1.54, 1.807) is 30.5 Å². The predicted molar refractivity (Wildman–Crippen MR) is 115 cm³/mol. The summed E-state index contributed by atoms with van der Waals surface area (Å²) in [6.45, 7) is 0.422. The van der Waals surface area contributed by atoms with Crippen LogP contribution in [0.3, 0.4) is 0 Å². The highest BCUT2D eigenvalue weighted by Gasteiger charge is 2.12. The van der Waals surface area contributed by atoms with Crippen molar-refractivity contribution in [1.82, 2.24) is 14.9 Å². The van der Waals surface area contributed by atoms with Gasteiger partial charge in [0.05, 0.1) is 5.69 Å². The van der Waals surface area contributed by atoms with E-state index in [0.29, 0.717) is 29.2 Å². The fourth-order valence-electron chi connectivity index (χ4n) is 2.59. The van der Waals surface area contributed by atoms with Crippen molar-refractivity contribution in [2.24, 2.45) is 7.05 Å². The first-order valence-corrected chi connectivity index (χ1v) is 10.3. The van der Waals surface area contributed by atoms with Gasteiger partial charge in [-0.15, -0.1) is 0 Å². The van der Waals surface area contributed by atoms with Crippen LogP contribution in [-0.2, 0) is 11.8 Å². The predicted octanol–water partition coefficient (Wildman–Crippen LogP) is 4.37. The number of nitrogens with one attached hydrogen (secondary N) is 2. The fourth-order valence-corrected chi connectivity index (χ4v) is 3.64. The number of nitrogens with zero attached hydrogens (tertiary/aromatic N) is 2. The van der Waals surface area contributed by atoms with Crippen molar-refractivity contribution < 1.29 is 9.59 Å². The Hall–Kier alpha value is -2.77. The van der Waals surface area contributed by atoms with Gasteiger partial charge in [0.2, 0.25) is 5.91 Å². The molecular weight excluding hydrogens is 408 g/mol. The smallest absolute Gasteiger partial charge is 0.251 e. The molecule has 0 bridgehead atoms. The van der Waals surface area contributed by atoms with Gasteiger partial charge >= 0.3 is 0 Å². The number of amides is 2. The van der Waals surface area contributed by atoms with Crippen LogP contribution in [0.5, 0.6) is 0 Å². The largest absolute Gasteiger partial charge is 0.352 e. The summed E-state index contributed by atoms with van der Waals surface area (Å²) in [5.74, 6) is -0.280. The Labute approximate surface area is 178 Å². The Morgan fingerprint density at radius 1 is 1.17 bits per heavy atom. The minimum Gasteiger partial charge on any atom is -0.352 e. The van der Waals surface area contributed by atoms with E-state index in [9.17, 15) is 9.59 Å². The fraction of sp³-hybridized carbons (Fsp3) is 0.190. The van der Waals surface area contributed by atoms with E-state index in [0.717, 1.165) is 10.1 Å². The molecular formula is C21H21ClN4O2S. The summed E-state index contributed by atoms with van der Waals surface area (Å²) in [6.07, 6.45) is 4.40. The summed E-state index contributed by atoms with van der Waals surface area (Å²) in [5, 5.41) is 7.08. The van der Waals surface area contributed by atoms with Crippen LogP contribution in [0.15, 0.2) is 71.0 Å². The third kappa shape index (κ3) is 6.10. The number of hydrogen-bond donors (Lipinski definition) is 2. The van der Waals surface area contributed by atoms with Crippen molar-refractivity contribution in [3.63, 3.8) is 0 Å². The SMILES string of the molecule is Cn1ccnc1Sc1ccc(Cl)cc1NC(=O)CCCNC(=O)c1ccccc1. The molecule has 0 atom stereocenters. The lowest BCUT2D eigenvalue weighted by Gasteiger charge is -2.11. The van der Waals surface area contributed by atoms with Gasteiger partial charge in [-0.2, -0.15) is 0 Å². The summed E-state index contributed by atoms with van der Waals surface area (Å²) < 4.78 is 1.90. The van der Waals surface area contributed by atoms with Gasteiger partial charge < -0.3 is 15.2 Å². The van der Waals surface area contributed by atoms with Gasteiger partial charge in [0, 0.05) is 47.9 Å². The second-order valence-electron chi connectivity index (χ2n) is 6.34. The summed E-state index contributed by atoms with van der Waals surface area (Å²) in [6, 6.07) is 14.4. The van der Waals surface area contributed by atoms with Gasteiger partial charge in [0.25, 0.3) is 5.91 Å². The van der Waals surface area contributed by atoms with Gasteiger partial charge in [0.15, 0.2) is 5.16 Å². The average molecular weight is 429 g/mol. The molecule has 0 aliphatic rings. The molecule has 29 heavy (non-hydrogen) atoms. The molecule has 0 saturated carbocycles. The molecule has 3 rings (SSSR count). The monoisotopic (exact) mass is 428 g/mol. The van der Waals surface area contributed by atoms with Gasteiger partial charge in [0.1, 0.15) is 0 Å². The standard InChI is InChI=1S/C21H21ClN4O2S/c1-26-13-12-24-21(26)29-18-10-9-16(22)14-17(18)25-19(27)8-5-11-23-20(28)15-6-3-2-4-7-15/h2-4,6-7,9-10,12-14H,5,8,11H2,1H3,(H,23,28)(H,25,27). The van der Waals surface area contributed by atoms with Crippen LogP contribution in [0, 0.1) is 0 Å². The number of hydrogen-bond acceptors (Lipinski definition) is 4. The Morgan fingerprint density at radius 2 is 1.97 bits per heavy atom. The maximum atomic E-state index is 12.4. The van der Waals surface area contributed by atoms with E-state index in [1.807, 2.05) is 42.1 Å². The molecule has 2 N–H and O–H groups in total. The minimum absolute atomic E-state index is 0.136. The third-order valence-electron chi connectivity index (χ3n) is 4.10. The molecule has 0 saturated heterocycles. The first-order valence-electron chi connectivity index (χ1n) is 9.11. The van der Waals surface area contributed by atoms with Crippen LogP contribution < -0.4 is 10.6 Å². The zero-order chi connectivity index (χ0) is 20.6. The molecule has 0 aliphatic carbocycles. The number of aromatic nitrogens is 2. The van der Waals surface area contributed by atoms with Crippen LogP contribution in [0.4, 0.5) is 5.69 Å². The van der Waals surface area contributed by atoms with Crippen molar-refractivity contribution in [3.05, 3.63) is 71.5 Å². The van der Waals surface area contributed by atoms with Crippen molar-refractivity contribution in [2.75, 3.05) is 11.9 Å². The molecule has 1 aromatic heterocycles. The van der Waals surface area contributed by atoms with E-state index >= 15 is 0 Å². The number of aryl methyl sites for hydroxylation is 1. The van der Waals surface area contributed by atoms with Gasteiger partial charge in [-0.3, -0.25) is 9.59 Å². The molecule has 0 radical (unpaired) electrons. The molecule has 0 aliphatic heterocycles. The molecule has 2 aromatic carbocycles. The lowest BCUT2D eigenvalue weighted by molar-refractivity contribution is -0.116. The first-order chi connectivity index (χ1) is 14.0. The van der Waals surface area contributed by atoms with Crippen molar-refractivity contribution >= 4 is 40.9 Å². The Balaban J connectivity index is 1.52. The summed E-state index contributed by atoms with van der Waals surface area (Å²) >= 11 is 7.55. The second kappa shape index (κ2) is 10.1. The molecule has 0 spiro atoms. The second-order valence-corrected chi connectivity index (χ2v) is 7.78. The minimum atomic E-state index is -0.144. The lowest BCUT2D eigenvalue weighted by Crippen LogP contribution is -2.25. The summed E-state index contributed by atoms with van der Waals surface area (Å²) in [5.41, 5.74) is 1.25. The summed E-state index contributed by atoms with van der Waals surface area (Å²) in [4.78, 5) is 29.5. The molecule has 0 fully saturated rings. The Morgan fingerprint density at radius 3 is 2.69 bits per heavy atom. The molecule has 3 aromatic rings. The molecule has 150 valence electrons. The average Bonchev–Trinajstić information content (AvgIpc) is 3.12. The number of rotatable bonds is 8. The number of anilines is 1. The van der Waals surface area contributed by atoms with Gasteiger partial charge in [-0.05, 0) is 48.5 Å². The molecule has 0 unspecified atom stereocenters. The van der Waals surface area contributed by atoms with Crippen LogP contribution in [0.2, 0.25) is 5.02 Å². The molecule has 6 nitrogen and oxygen atoms in total. The maximum Gasteiger partial charge on any atom is 0.251 e. The highest BCUT2D eigenvalue weighted by atomic mass is 35.5. The number of halogens is 1. The van der Waals surface area contributed by atoms with Gasteiger partial charge in [-0.1, -0.05) is 29.8 Å². The van der Waals surface area contributed by atoms with Crippen molar-refractivity contribution in [1.29, 1.82) is 0 Å². The first kappa shape index (κ1) is 21.0. The molecule has 1 heterocycles. The summed E-state index contributed by atoms with van der Waals surface area (Å²) in [7, 11) is 1.91. The van der Waals surface area contributed by atoms with Crippen molar-refractivity contribution in [3.8, 4) is 0 Å². The highest BCUT2D eigenvalue weighted by Crippen LogP contribution is 2.34. The number of carbonyl (C=O) groups excluding carboxylic acids is 2. The third-order valence-corrected chi connectivity index (χ3v) is 5.48. The molecule has 8 heteroatoms. The zero-order valence-electron chi connectivity index (χ0n) is 15.9. The van der Waals surface area contributed by atoms with Crippen LogP contribution >= 0.6 is 23.4 Å². The highest BCUT2D eigenvalue weighted by molar-refractivity contribution is 7.99. The topological polar surface area (TPSA) is 76.0 Å². The normalized spacial score (nSPS) is 10.6. The van der Waals surface area contributed by atoms with E-state index in [4.69, 9.17) is 11.6 Å². The van der Waals surface area contributed by atoms with Crippen molar-refractivity contribution in [2.45, 2.75) is 22.9 Å². The number of carbonyl (C=O) groups is 2. The van der Waals surface area contributed by atoms with Crippen LogP contribution in [0.25, 0.3) is 0 Å². The van der Waals surface area contributed by atoms with E-state index in [1.165, 1.54) is 11.8 Å². The maximum absolute atomic E-state index is 12.4. The Kier molecular flexibility index (Phi) is 7.32. The molecule has 2 amide bonds. The lowest BCUT2D eigenvalue weighted by atomic mass is 10.2. The zero-order valence-corrected chi connectivity index (χ0v) is 17.5. The van der Waals surface area contributed by atoms with Gasteiger partial charge in [-0.25, -0.2) is 4.98 Å². The van der Waals surface area contributed by atoms with Crippen LogP contribution in [0.1, 0.15) is 23.2 Å². The van der Waals surface area contributed by atoms with E-state index in [2.05, 4.69) is 15.6 Å². The van der Waals surface area contributed by atoms with E-state index < -0.39 is 0 Å². The quantitative estimate of drug-likeness (QED) is 0.522. The number of benzene rings is 2. The Bertz CT molecular complexity index is 991. The van der Waals surface area contributed by atoms with Crippen LogP contribution in [-0.4, -0.2) is 27.9 Å².